The Morgan fingerprint density at radius 3 is 2.44 bits per heavy atom. The number of halogens is 1. The number of aryl methyl sites for hydroxylation is 1. The van der Waals surface area contributed by atoms with Gasteiger partial charge >= 0.3 is 6.03 Å². The molecule has 0 unspecified atom stereocenters. The van der Waals surface area contributed by atoms with Crippen LogP contribution in [-0.2, 0) is 9.59 Å². The molecule has 1 N–H and O–H groups in total. The van der Waals surface area contributed by atoms with E-state index in [4.69, 9.17) is 11.6 Å². The minimum Gasteiger partial charge on any atom is -0.318 e. The molecule has 1 aliphatic heterocycles. The second kappa shape index (κ2) is 8.60. The Hall–Kier alpha value is -4.24. The first-order valence-electron chi connectivity index (χ1n) is 10.2. The minimum atomic E-state index is -0.861. The average molecular weight is 479 g/mol. The molecule has 2 heterocycles. The number of amides is 4. The van der Waals surface area contributed by atoms with Gasteiger partial charge in [0.2, 0.25) is 0 Å². The van der Waals surface area contributed by atoms with Crippen LogP contribution in [0.3, 0.4) is 0 Å². The fourth-order valence-electron chi connectivity index (χ4n) is 3.95. The third-order valence-corrected chi connectivity index (χ3v) is 6.06. The number of hydrogen-bond donors (Lipinski definition) is 1. The second-order valence-corrected chi connectivity index (χ2v) is 8.19. The first-order chi connectivity index (χ1) is 16.1. The Morgan fingerprint density at radius 2 is 1.74 bits per heavy atom. The van der Waals surface area contributed by atoms with E-state index in [0.29, 0.717) is 27.5 Å². The highest BCUT2D eigenvalue weighted by Gasteiger charge is 2.37. The monoisotopic (exact) mass is 478 g/mol. The number of urea groups is 1. The van der Waals surface area contributed by atoms with Crippen molar-refractivity contribution >= 4 is 46.9 Å². The van der Waals surface area contributed by atoms with Gasteiger partial charge in [0.1, 0.15) is 5.57 Å². The number of carbonyl (C=O) groups is 3. The minimum absolute atomic E-state index is 0.0576. The molecule has 0 radical (unpaired) electrons. The van der Waals surface area contributed by atoms with Gasteiger partial charge in [0.05, 0.1) is 16.3 Å². The maximum Gasteiger partial charge on any atom is 0.335 e. The summed E-state index contributed by atoms with van der Waals surface area (Å²) in [6, 6.07) is 11.9. The Morgan fingerprint density at radius 1 is 1.03 bits per heavy atom. The van der Waals surface area contributed by atoms with Gasteiger partial charge in [0.25, 0.3) is 17.5 Å². The summed E-state index contributed by atoms with van der Waals surface area (Å²) in [5.41, 5.74) is 3.04. The van der Waals surface area contributed by atoms with E-state index >= 15 is 0 Å². The fraction of sp³-hybridized carbons (Fsp3) is 0.125. The van der Waals surface area contributed by atoms with Gasteiger partial charge in [-0.2, -0.15) is 0 Å². The summed E-state index contributed by atoms with van der Waals surface area (Å²) in [5.74, 6) is -1.59. The summed E-state index contributed by atoms with van der Waals surface area (Å²) in [6.07, 6.45) is 1.41. The summed E-state index contributed by atoms with van der Waals surface area (Å²) < 4.78 is 1.79. The fourth-order valence-corrected chi connectivity index (χ4v) is 4.12. The molecular weight excluding hydrogens is 460 g/mol. The molecule has 34 heavy (non-hydrogen) atoms. The highest BCUT2D eigenvalue weighted by atomic mass is 35.5. The standard InChI is InChI=1S/C24H19ClN4O5/c1-13-10-16(15(3)27(13)17-6-4-7-18(12-17)29(33)34)11-19-22(30)26-24(32)28(23(19)31)21-9-5-8-20(25)14(21)2/h4-12H,1-3H3,(H,26,30,32)/b19-11+. The Labute approximate surface area is 199 Å². The van der Waals surface area contributed by atoms with E-state index in [2.05, 4.69) is 5.32 Å². The number of nitro benzene ring substituents is 1. The third-order valence-electron chi connectivity index (χ3n) is 5.65. The van der Waals surface area contributed by atoms with Gasteiger partial charge in [-0.25, -0.2) is 9.69 Å². The summed E-state index contributed by atoms with van der Waals surface area (Å²) in [5, 5.41) is 13.8. The van der Waals surface area contributed by atoms with Crippen LogP contribution in [0.5, 0.6) is 0 Å². The number of rotatable bonds is 4. The topological polar surface area (TPSA) is 115 Å². The number of carbonyl (C=O) groups excluding carboxylic acids is 3. The van der Waals surface area contributed by atoms with Crippen molar-refractivity contribution in [1.29, 1.82) is 0 Å². The highest BCUT2D eigenvalue weighted by molar-refractivity contribution is 6.40. The Bertz CT molecular complexity index is 1420. The molecule has 172 valence electrons. The lowest BCUT2D eigenvalue weighted by molar-refractivity contribution is -0.384. The van der Waals surface area contributed by atoms with Gasteiger partial charge in [-0.15, -0.1) is 0 Å². The van der Waals surface area contributed by atoms with Crippen molar-refractivity contribution in [2.75, 3.05) is 4.90 Å². The largest absolute Gasteiger partial charge is 0.335 e. The van der Waals surface area contributed by atoms with E-state index in [1.165, 1.54) is 18.2 Å². The van der Waals surface area contributed by atoms with Crippen molar-refractivity contribution in [3.05, 3.63) is 91.8 Å². The first kappa shape index (κ1) is 22.9. The number of anilines is 1. The van der Waals surface area contributed by atoms with E-state index < -0.39 is 22.8 Å². The molecular formula is C24H19ClN4O5. The molecule has 4 rings (SSSR count). The van der Waals surface area contributed by atoms with Crippen LogP contribution in [0, 0.1) is 30.9 Å². The number of imide groups is 2. The zero-order valence-electron chi connectivity index (χ0n) is 18.5. The van der Waals surface area contributed by atoms with Crippen LogP contribution >= 0.6 is 11.6 Å². The normalized spacial score (nSPS) is 15.1. The van der Waals surface area contributed by atoms with Crippen molar-refractivity contribution in [2.45, 2.75) is 20.8 Å². The molecule has 0 spiro atoms. The first-order valence-corrected chi connectivity index (χ1v) is 10.6. The summed E-state index contributed by atoms with van der Waals surface area (Å²) in [4.78, 5) is 49.9. The predicted molar refractivity (Wildman–Crippen MR) is 127 cm³/mol. The van der Waals surface area contributed by atoms with Crippen molar-refractivity contribution < 1.29 is 19.3 Å². The lowest BCUT2D eigenvalue weighted by Gasteiger charge is -2.27. The van der Waals surface area contributed by atoms with E-state index in [0.717, 1.165) is 10.6 Å². The van der Waals surface area contributed by atoms with Crippen LogP contribution in [-0.4, -0.2) is 27.3 Å². The molecule has 0 aliphatic carbocycles. The zero-order valence-corrected chi connectivity index (χ0v) is 19.2. The van der Waals surface area contributed by atoms with Gasteiger partial charge in [0, 0.05) is 28.5 Å². The van der Waals surface area contributed by atoms with Gasteiger partial charge in [-0.1, -0.05) is 23.7 Å². The molecule has 1 fully saturated rings. The summed E-state index contributed by atoms with van der Waals surface area (Å²) in [7, 11) is 0. The lowest BCUT2D eigenvalue weighted by atomic mass is 10.1. The van der Waals surface area contributed by atoms with Crippen molar-refractivity contribution in [3.63, 3.8) is 0 Å². The molecule has 1 saturated heterocycles. The van der Waals surface area contributed by atoms with Crippen molar-refractivity contribution in [2.24, 2.45) is 0 Å². The van der Waals surface area contributed by atoms with Gasteiger partial charge in [0.15, 0.2) is 0 Å². The molecule has 1 aromatic heterocycles. The number of nitrogens with one attached hydrogen (secondary N) is 1. The molecule has 10 heteroatoms. The molecule has 1 aliphatic rings. The number of barbiturate groups is 1. The zero-order chi connectivity index (χ0) is 24.7. The Balaban J connectivity index is 1.79. The number of aromatic nitrogens is 1. The Kier molecular flexibility index (Phi) is 5.80. The van der Waals surface area contributed by atoms with Crippen molar-refractivity contribution in [3.8, 4) is 5.69 Å². The molecule has 3 aromatic rings. The molecule has 0 saturated carbocycles. The molecule has 2 aromatic carbocycles. The number of nitrogens with zero attached hydrogens (tertiary/aromatic N) is 3. The number of non-ortho nitro benzene ring substituents is 1. The number of benzene rings is 2. The second-order valence-electron chi connectivity index (χ2n) is 7.78. The van der Waals surface area contributed by atoms with E-state index in [1.54, 1.807) is 54.8 Å². The van der Waals surface area contributed by atoms with Crippen LogP contribution in [0.25, 0.3) is 11.8 Å². The molecule has 0 atom stereocenters. The van der Waals surface area contributed by atoms with Gasteiger partial charge < -0.3 is 4.57 Å². The van der Waals surface area contributed by atoms with Crippen LogP contribution < -0.4 is 10.2 Å². The van der Waals surface area contributed by atoms with Gasteiger partial charge in [-0.3, -0.25) is 25.0 Å². The maximum absolute atomic E-state index is 13.3. The smallest absolute Gasteiger partial charge is 0.318 e. The molecule has 9 nitrogen and oxygen atoms in total. The molecule has 4 amide bonds. The summed E-state index contributed by atoms with van der Waals surface area (Å²) >= 11 is 6.16. The highest BCUT2D eigenvalue weighted by Crippen LogP contribution is 2.30. The van der Waals surface area contributed by atoms with Gasteiger partial charge in [-0.05, 0) is 62.2 Å². The average Bonchev–Trinajstić information content (AvgIpc) is 3.06. The maximum atomic E-state index is 13.3. The van der Waals surface area contributed by atoms with E-state index in [1.807, 2.05) is 6.92 Å². The number of hydrogen-bond acceptors (Lipinski definition) is 5. The SMILES string of the molecule is Cc1c(Cl)cccc1N1C(=O)NC(=O)/C(=C\c2cc(C)n(-c3cccc([N+](=O)[O-])c3)c2C)C1=O. The quantitative estimate of drug-likeness (QED) is 0.254. The van der Waals surface area contributed by atoms with Crippen LogP contribution in [0.1, 0.15) is 22.5 Å². The number of nitro groups is 1. The summed E-state index contributed by atoms with van der Waals surface area (Å²) in [6.45, 7) is 5.25. The van der Waals surface area contributed by atoms with E-state index in [-0.39, 0.29) is 16.9 Å². The van der Waals surface area contributed by atoms with Crippen LogP contribution in [0.4, 0.5) is 16.2 Å². The lowest BCUT2D eigenvalue weighted by Crippen LogP contribution is -2.54. The van der Waals surface area contributed by atoms with Crippen LogP contribution in [0.2, 0.25) is 5.02 Å². The van der Waals surface area contributed by atoms with Crippen molar-refractivity contribution in [1.82, 2.24) is 9.88 Å². The molecule has 0 bridgehead atoms. The van der Waals surface area contributed by atoms with Crippen LogP contribution in [0.15, 0.2) is 54.1 Å². The predicted octanol–water partition coefficient (Wildman–Crippen LogP) is 4.63. The van der Waals surface area contributed by atoms with E-state index in [9.17, 15) is 24.5 Å². The third kappa shape index (κ3) is 3.86.